The number of methoxy groups -OCH3 is 1. The summed E-state index contributed by atoms with van der Waals surface area (Å²) in [6.45, 7) is 5.53. The van der Waals surface area contributed by atoms with Crippen molar-refractivity contribution in [3.63, 3.8) is 0 Å². The molecule has 1 saturated carbocycles. The molecular weight excluding hydrogens is 488 g/mol. The van der Waals surface area contributed by atoms with Crippen LogP contribution in [0.4, 0.5) is 23.4 Å². The summed E-state index contributed by atoms with van der Waals surface area (Å²) in [5.41, 5.74) is -0.846. The Labute approximate surface area is 214 Å². The lowest BCUT2D eigenvalue weighted by Gasteiger charge is -2.30. The molecule has 0 spiro atoms. The molecule has 0 unspecified atom stereocenters. The Hall–Kier alpha value is -3.14. The number of aryl methyl sites for hydroxylation is 1. The lowest BCUT2D eigenvalue weighted by Crippen LogP contribution is -2.32. The number of nitrogens with zero attached hydrogens (tertiary/aromatic N) is 3. The average Bonchev–Trinajstić information content (AvgIpc) is 2.80. The van der Waals surface area contributed by atoms with Gasteiger partial charge in [0.2, 0.25) is 0 Å². The summed E-state index contributed by atoms with van der Waals surface area (Å²) in [5.74, 6) is 1.27. The number of benzene rings is 2. The van der Waals surface area contributed by atoms with E-state index < -0.39 is 23.6 Å². The maximum absolute atomic E-state index is 14.8. The van der Waals surface area contributed by atoms with Gasteiger partial charge in [-0.2, -0.15) is 13.2 Å². The highest BCUT2D eigenvalue weighted by Crippen LogP contribution is 2.37. The van der Waals surface area contributed by atoms with Crippen LogP contribution in [0.15, 0.2) is 30.3 Å². The molecule has 1 N–H and O–H groups in total. The summed E-state index contributed by atoms with van der Waals surface area (Å²) in [4.78, 5) is 11.2. The van der Waals surface area contributed by atoms with Crippen LogP contribution in [0.3, 0.4) is 0 Å². The maximum Gasteiger partial charge on any atom is 0.419 e. The zero-order chi connectivity index (χ0) is 26.7. The van der Waals surface area contributed by atoms with Gasteiger partial charge in [0.15, 0.2) is 11.5 Å². The summed E-state index contributed by atoms with van der Waals surface area (Å²) in [6.07, 6.45) is -0.920. The van der Waals surface area contributed by atoms with Crippen molar-refractivity contribution in [1.82, 2.24) is 14.9 Å². The summed E-state index contributed by atoms with van der Waals surface area (Å²) >= 11 is 0. The van der Waals surface area contributed by atoms with E-state index in [0.717, 1.165) is 25.1 Å². The quantitative estimate of drug-likeness (QED) is 0.313. The van der Waals surface area contributed by atoms with Crippen LogP contribution >= 0.6 is 0 Å². The van der Waals surface area contributed by atoms with Crippen LogP contribution < -0.4 is 14.8 Å². The molecule has 200 valence electrons. The first-order valence-corrected chi connectivity index (χ1v) is 12.4. The molecule has 1 aliphatic carbocycles. The Balaban J connectivity index is 1.58. The fraction of sp³-hybridized carbons (Fsp3) is 0.481. The second-order valence-corrected chi connectivity index (χ2v) is 9.62. The Bertz CT molecular complexity index is 1250. The Morgan fingerprint density at radius 3 is 2.57 bits per heavy atom. The monoisotopic (exact) mass is 520 g/mol. The first kappa shape index (κ1) is 26.9. The van der Waals surface area contributed by atoms with Crippen LogP contribution in [0.5, 0.6) is 11.5 Å². The zero-order valence-corrected chi connectivity index (χ0v) is 21.5. The molecule has 1 atom stereocenters. The molecule has 1 fully saturated rings. The molecule has 1 aliphatic rings. The van der Waals surface area contributed by atoms with Gasteiger partial charge in [0.05, 0.1) is 24.2 Å². The van der Waals surface area contributed by atoms with Gasteiger partial charge in [-0.3, -0.25) is 0 Å². The first-order chi connectivity index (χ1) is 17.6. The maximum atomic E-state index is 14.8. The van der Waals surface area contributed by atoms with Crippen molar-refractivity contribution in [1.29, 1.82) is 0 Å². The van der Waals surface area contributed by atoms with Gasteiger partial charge in [0.25, 0.3) is 0 Å². The number of fused-ring (bicyclic) bond motifs is 1. The van der Waals surface area contributed by atoms with E-state index in [4.69, 9.17) is 9.47 Å². The molecule has 1 aromatic heterocycles. The van der Waals surface area contributed by atoms with E-state index in [9.17, 15) is 17.6 Å². The molecule has 0 bridgehead atoms. The first-order valence-electron chi connectivity index (χ1n) is 12.4. The van der Waals surface area contributed by atoms with Crippen LogP contribution in [-0.4, -0.2) is 48.7 Å². The van der Waals surface area contributed by atoms with Crippen molar-refractivity contribution in [3.8, 4) is 11.5 Å². The predicted molar refractivity (Wildman–Crippen MR) is 135 cm³/mol. The number of ether oxygens (including phenoxy) is 2. The van der Waals surface area contributed by atoms with Gasteiger partial charge in [-0.1, -0.05) is 18.6 Å². The number of anilines is 1. The van der Waals surface area contributed by atoms with Crippen molar-refractivity contribution in [3.05, 3.63) is 53.1 Å². The fourth-order valence-corrected chi connectivity index (χ4v) is 4.54. The number of alkyl halides is 3. The van der Waals surface area contributed by atoms with E-state index in [0.29, 0.717) is 40.7 Å². The number of nitrogens with one attached hydrogen (secondary N) is 1. The van der Waals surface area contributed by atoms with Gasteiger partial charge in [0, 0.05) is 30.1 Å². The van der Waals surface area contributed by atoms with Gasteiger partial charge < -0.3 is 19.7 Å². The molecule has 37 heavy (non-hydrogen) atoms. The highest BCUT2D eigenvalue weighted by atomic mass is 19.4. The predicted octanol–water partition coefficient (Wildman–Crippen LogP) is 6.39. The molecule has 0 amide bonds. The van der Waals surface area contributed by atoms with Crippen molar-refractivity contribution < 1.29 is 27.0 Å². The molecule has 0 aliphatic heterocycles. The number of likely N-dealkylation sites (N-methyl/N-ethyl adjacent to an activating group) is 1. The number of aromatic nitrogens is 2. The van der Waals surface area contributed by atoms with E-state index in [-0.39, 0.29) is 5.56 Å². The Morgan fingerprint density at radius 2 is 1.92 bits per heavy atom. The van der Waals surface area contributed by atoms with Gasteiger partial charge in [-0.05, 0) is 51.8 Å². The standard InChI is InChI=1S/C27H32F4N4O2/c1-16(19-9-6-10-21(25(19)28)27(29,30)31)32-26-20-13-24(23(36-4)14-22(20)33-17(2)34-26)37-12-11-35(3)15-18-7-5-8-18/h6,9-10,13-14,16,18H,5,7-8,11-12,15H2,1-4H3,(H,32,33,34)/t16-/m1/s1. The van der Waals surface area contributed by atoms with E-state index in [1.807, 2.05) is 0 Å². The SMILES string of the molecule is COc1cc2nc(C)nc(N[C@H](C)c3cccc(C(F)(F)F)c3F)c2cc1OCCN(C)CC1CCC1. The molecule has 1 heterocycles. The normalized spacial score (nSPS) is 15.1. The molecule has 10 heteroatoms. The van der Waals surface area contributed by atoms with E-state index in [1.54, 1.807) is 33.1 Å². The molecule has 0 saturated heterocycles. The number of hydrogen-bond acceptors (Lipinski definition) is 6. The fourth-order valence-electron chi connectivity index (χ4n) is 4.54. The highest BCUT2D eigenvalue weighted by Gasteiger charge is 2.35. The van der Waals surface area contributed by atoms with Gasteiger partial charge >= 0.3 is 6.18 Å². The second kappa shape index (κ2) is 11.1. The number of halogens is 4. The summed E-state index contributed by atoms with van der Waals surface area (Å²) in [6, 6.07) is 5.94. The van der Waals surface area contributed by atoms with Gasteiger partial charge in [0.1, 0.15) is 24.1 Å². The molecular formula is C27H32F4N4O2. The minimum absolute atomic E-state index is 0.112. The Morgan fingerprint density at radius 1 is 1.16 bits per heavy atom. The van der Waals surface area contributed by atoms with Crippen LogP contribution in [0.1, 0.15) is 49.2 Å². The summed E-state index contributed by atoms with van der Waals surface area (Å²) in [5, 5.41) is 3.66. The molecule has 6 nitrogen and oxygen atoms in total. The van der Waals surface area contributed by atoms with Crippen molar-refractivity contribution in [2.75, 3.05) is 39.2 Å². The van der Waals surface area contributed by atoms with Crippen LogP contribution in [0.2, 0.25) is 0 Å². The number of hydrogen-bond donors (Lipinski definition) is 1. The van der Waals surface area contributed by atoms with Gasteiger partial charge in [-0.25, -0.2) is 14.4 Å². The molecule has 4 rings (SSSR count). The molecule has 3 aromatic rings. The number of rotatable bonds is 10. The summed E-state index contributed by atoms with van der Waals surface area (Å²) < 4.78 is 66.0. The summed E-state index contributed by atoms with van der Waals surface area (Å²) in [7, 11) is 3.62. The largest absolute Gasteiger partial charge is 0.493 e. The van der Waals surface area contributed by atoms with Crippen LogP contribution in [-0.2, 0) is 6.18 Å². The minimum atomic E-state index is -4.78. The minimum Gasteiger partial charge on any atom is -0.493 e. The second-order valence-electron chi connectivity index (χ2n) is 9.62. The Kier molecular flexibility index (Phi) is 8.06. The topological polar surface area (TPSA) is 59.5 Å². The van der Waals surface area contributed by atoms with E-state index in [1.165, 1.54) is 31.4 Å². The lowest BCUT2D eigenvalue weighted by atomic mass is 9.85. The van der Waals surface area contributed by atoms with Gasteiger partial charge in [-0.15, -0.1) is 0 Å². The third-order valence-electron chi connectivity index (χ3n) is 6.77. The van der Waals surface area contributed by atoms with Crippen molar-refractivity contribution in [2.45, 2.75) is 45.3 Å². The highest BCUT2D eigenvalue weighted by molar-refractivity contribution is 5.92. The van der Waals surface area contributed by atoms with Crippen LogP contribution in [0, 0.1) is 18.7 Å². The van der Waals surface area contributed by atoms with Crippen molar-refractivity contribution in [2.24, 2.45) is 5.92 Å². The zero-order valence-electron chi connectivity index (χ0n) is 21.5. The van der Waals surface area contributed by atoms with Crippen LogP contribution in [0.25, 0.3) is 10.9 Å². The third-order valence-corrected chi connectivity index (χ3v) is 6.77. The molecule has 0 radical (unpaired) electrons. The average molecular weight is 521 g/mol. The van der Waals surface area contributed by atoms with Crippen molar-refractivity contribution >= 4 is 16.7 Å². The smallest absolute Gasteiger partial charge is 0.419 e. The van der Waals surface area contributed by atoms with E-state index in [2.05, 4.69) is 27.2 Å². The lowest BCUT2D eigenvalue weighted by molar-refractivity contribution is -0.140. The molecule has 2 aromatic carbocycles. The third kappa shape index (κ3) is 6.23. The van der Waals surface area contributed by atoms with E-state index >= 15 is 0 Å².